The van der Waals surface area contributed by atoms with E-state index >= 15 is 0 Å². The van der Waals surface area contributed by atoms with E-state index in [1.807, 2.05) is 12.1 Å². The highest BCUT2D eigenvalue weighted by molar-refractivity contribution is 6.09. The van der Waals surface area contributed by atoms with E-state index in [1.165, 1.54) is 72.1 Å². The maximum Gasteiger partial charge on any atom is 0.143 e. The van der Waals surface area contributed by atoms with Crippen LogP contribution in [0.3, 0.4) is 0 Å². The highest BCUT2D eigenvalue weighted by atomic mass is 16.3. The lowest BCUT2D eigenvalue weighted by molar-refractivity contribution is 0.670. The minimum absolute atomic E-state index is 0.908. The number of rotatable bonds is 9. The van der Waals surface area contributed by atoms with Crippen LogP contribution in [0.15, 0.2) is 259 Å². The Morgan fingerprint density at radius 1 is 0.348 bits per heavy atom. The third-order valence-electron chi connectivity index (χ3n) is 13.2. The van der Waals surface area contributed by atoms with Crippen LogP contribution in [0.2, 0.25) is 0 Å². The molecule has 11 aromatic rings. The molecule has 0 spiro atoms. The molecule has 0 N–H and O–H groups in total. The van der Waals surface area contributed by atoms with Crippen LogP contribution >= 0.6 is 0 Å². The van der Waals surface area contributed by atoms with Crippen LogP contribution in [0.25, 0.3) is 93.9 Å². The third kappa shape index (κ3) is 7.39. The van der Waals surface area contributed by atoms with Gasteiger partial charge in [0.25, 0.3) is 0 Å². The summed E-state index contributed by atoms with van der Waals surface area (Å²) in [5, 5.41) is 4.79. The molecule has 0 saturated heterocycles. The maximum absolute atomic E-state index is 6.46. The minimum Gasteiger partial charge on any atom is -0.455 e. The van der Waals surface area contributed by atoms with Crippen molar-refractivity contribution in [1.29, 1.82) is 0 Å². The van der Waals surface area contributed by atoms with Gasteiger partial charge in [-0.05, 0) is 133 Å². The highest BCUT2D eigenvalue weighted by Gasteiger charge is 2.21. The first-order valence-electron chi connectivity index (χ1n) is 22.9. The molecule has 0 atom stereocenters. The molecule has 2 heteroatoms. The fraction of sp³-hybridized carbons (Fsp3) is 0.0312. The summed E-state index contributed by atoms with van der Waals surface area (Å²) in [4.78, 5) is 2.43. The quantitative estimate of drug-likeness (QED) is 0.144. The second-order valence-electron chi connectivity index (χ2n) is 17.2. The van der Waals surface area contributed by atoms with E-state index < -0.39 is 0 Å². The van der Waals surface area contributed by atoms with Gasteiger partial charge in [-0.1, -0.05) is 200 Å². The number of benzene rings is 10. The van der Waals surface area contributed by atoms with Crippen LogP contribution in [0.4, 0.5) is 11.4 Å². The molecule has 0 unspecified atom stereocenters. The Bertz CT molecular complexity index is 3590. The van der Waals surface area contributed by atoms with Gasteiger partial charge in [-0.15, -0.1) is 0 Å². The lowest BCUT2D eigenvalue weighted by Gasteiger charge is -2.31. The minimum atomic E-state index is 0.908. The van der Waals surface area contributed by atoms with Crippen molar-refractivity contribution in [2.45, 2.75) is 12.8 Å². The average Bonchev–Trinajstić information content (AvgIpc) is 3.79. The van der Waals surface area contributed by atoms with Crippen molar-refractivity contribution >= 4 is 49.7 Å². The van der Waals surface area contributed by atoms with Crippen LogP contribution < -0.4 is 4.90 Å². The van der Waals surface area contributed by atoms with Gasteiger partial charge >= 0.3 is 0 Å². The molecule has 2 nitrogen and oxygen atoms in total. The lowest BCUT2D eigenvalue weighted by atomic mass is 9.92. The van der Waals surface area contributed by atoms with Gasteiger partial charge in [0, 0.05) is 33.4 Å². The Morgan fingerprint density at radius 3 is 1.58 bits per heavy atom. The molecule has 0 aliphatic heterocycles. The number of nitrogens with zero attached hydrogens (tertiary/aromatic N) is 1. The van der Waals surface area contributed by atoms with E-state index in [1.54, 1.807) is 0 Å². The van der Waals surface area contributed by atoms with Gasteiger partial charge in [-0.2, -0.15) is 0 Å². The van der Waals surface area contributed by atoms with Crippen molar-refractivity contribution in [2.75, 3.05) is 4.90 Å². The first-order chi connectivity index (χ1) is 32.7. The fourth-order valence-corrected chi connectivity index (χ4v) is 9.74. The fourth-order valence-electron chi connectivity index (χ4n) is 9.74. The number of allylic oxidation sites excluding steroid dienone is 3. The molecular formula is C64H45NO. The van der Waals surface area contributed by atoms with Crippen LogP contribution in [0.1, 0.15) is 18.4 Å². The summed E-state index contributed by atoms with van der Waals surface area (Å²) in [6, 6.07) is 85.6. The molecular weight excluding hydrogens is 799 g/mol. The van der Waals surface area contributed by atoms with Crippen LogP contribution in [0.5, 0.6) is 0 Å². The molecule has 10 aromatic carbocycles. The molecule has 1 aliphatic carbocycles. The second kappa shape index (κ2) is 16.9. The second-order valence-corrected chi connectivity index (χ2v) is 17.2. The van der Waals surface area contributed by atoms with Gasteiger partial charge < -0.3 is 9.32 Å². The van der Waals surface area contributed by atoms with Gasteiger partial charge in [0.1, 0.15) is 11.2 Å². The van der Waals surface area contributed by atoms with Gasteiger partial charge in [0.15, 0.2) is 0 Å². The monoisotopic (exact) mass is 843 g/mol. The predicted molar refractivity (Wildman–Crippen MR) is 279 cm³/mol. The molecule has 312 valence electrons. The van der Waals surface area contributed by atoms with E-state index in [0.717, 1.165) is 57.3 Å². The first kappa shape index (κ1) is 39.2. The molecule has 0 bridgehead atoms. The number of hydrogen-bond donors (Lipinski definition) is 0. The van der Waals surface area contributed by atoms with E-state index in [4.69, 9.17) is 4.42 Å². The average molecular weight is 844 g/mol. The summed E-state index contributed by atoms with van der Waals surface area (Å²) in [5.41, 5.74) is 19.6. The standard InChI is InChI=1S/C64H45NO/c1-2-12-44(13-3-1)46-28-31-50(32-29-46)58-18-6-8-22-62(58)65(57-40-36-51(37-41-57)59-20-11-21-61-60-19-7-9-23-63(60)66-64(59)61)56-38-34-48(35-39-56)47-24-26-49(27-25-47)53-16-10-17-54(42-53)55-33-30-45-14-4-5-15-52(45)43-55/h1-5,7-17,19-43H,6,18H2. The van der Waals surface area contributed by atoms with Crippen molar-refractivity contribution in [1.82, 2.24) is 0 Å². The smallest absolute Gasteiger partial charge is 0.143 e. The van der Waals surface area contributed by atoms with Crippen molar-refractivity contribution < 1.29 is 4.42 Å². The zero-order valence-electron chi connectivity index (χ0n) is 36.4. The van der Waals surface area contributed by atoms with E-state index in [9.17, 15) is 0 Å². The van der Waals surface area contributed by atoms with Gasteiger partial charge in [-0.25, -0.2) is 0 Å². The first-order valence-corrected chi connectivity index (χ1v) is 22.9. The Hall–Kier alpha value is -8.46. The third-order valence-corrected chi connectivity index (χ3v) is 13.2. The predicted octanol–water partition coefficient (Wildman–Crippen LogP) is 18.0. The number of anilines is 2. The Morgan fingerprint density at radius 2 is 0.848 bits per heavy atom. The van der Waals surface area contributed by atoms with E-state index in [-0.39, 0.29) is 0 Å². The van der Waals surface area contributed by atoms with Crippen LogP contribution in [-0.4, -0.2) is 0 Å². The number of furan rings is 1. The molecule has 66 heavy (non-hydrogen) atoms. The molecule has 0 fully saturated rings. The number of fused-ring (bicyclic) bond motifs is 4. The maximum atomic E-state index is 6.46. The van der Waals surface area contributed by atoms with E-state index in [0.29, 0.717) is 0 Å². The molecule has 0 radical (unpaired) electrons. The number of para-hydroxylation sites is 2. The van der Waals surface area contributed by atoms with Gasteiger partial charge in [0.05, 0.1) is 0 Å². The Balaban J connectivity index is 0.889. The summed E-state index contributed by atoms with van der Waals surface area (Å²) >= 11 is 0. The largest absolute Gasteiger partial charge is 0.455 e. The summed E-state index contributed by atoms with van der Waals surface area (Å²) < 4.78 is 6.46. The molecule has 1 aromatic heterocycles. The SMILES string of the molecule is C1=CC(N(c2ccc(-c3ccc(-c4cccc(-c5ccc6ccccc6c5)c4)cc3)cc2)c2ccc(-c3cccc4c3oc3ccccc34)cc2)=C(c2ccc(-c3ccccc3)cc2)CC1. The molecule has 0 saturated carbocycles. The number of hydrogen-bond acceptors (Lipinski definition) is 2. The summed E-state index contributed by atoms with van der Waals surface area (Å²) in [6.45, 7) is 0. The van der Waals surface area contributed by atoms with Crippen LogP contribution in [0, 0.1) is 0 Å². The topological polar surface area (TPSA) is 16.4 Å². The normalized spacial score (nSPS) is 12.6. The lowest BCUT2D eigenvalue weighted by Crippen LogP contribution is -2.18. The summed E-state index contributed by atoms with van der Waals surface area (Å²) in [7, 11) is 0. The summed E-state index contributed by atoms with van der Waals surface area (Å²) in [6.07, 6.45) is 6.58. The molecule has 12 rings (SSSR count). The Labute approximate surface area is 385 Å². The van der Waals surface area contributed by atoms with Crippen molar-refractivity contribution in [3.05, 3.63) is 260 Å². The van der Waals surface area contributed by atoms with E-state index in [2.05, 4.69) is 242 Å². The van der Waals surface area contributed by atoms with Gasteiger partial charge in [0.2, 0.25) is 0 Å². The van der Waals surface area contributed by atoms with Crippen LogP contribution in [-0.2, 0) is 0 Å². The Kier molecular flexibility index (Phi) is 10.0. The zero-order chi connectivity index (χ0) is 43.8. The van der Waals surface area contributed by atoms with Gasteiger partial charge in [-0.3, -0.25) is 0 Å². The molecule has 1 heterocycles. The highest BCUT2D eigenvalue weighted by Crippen LogP contribution is 2.42. The molecule has 1 aliphatic rings. The zero-order valence-corrected chi connectivity index (χ0v) is 36.4. The van der Waals surface area contributed by atoms with Crippen molar-refractivity contribution in [2.24, 2.45) is 0 Å². The summed E-state index contributed by atoms with van der Waals surface area (Å²) in [5.74, 6) is 0. The molecule has 0 amide bonds. The van der Waals surface area contributed by atoms with Crippen molar-refractivity contribution in [3.8, 4) is 55.6 Å². The van der Waals surface area contributed by atoms with Crippen molar-refractivity contribution in [3.63, 3.8) is 0 Å².